The van der Waals surface area contributed by atoms with Crippen LogP contribution in [0.1, 0.15) is 31.0 Å². The molecule has 0 spiro atoms. The average Bonchev–Trinajstić information content (AvgIpc) is 3.23. The van der Waals surface area contributed by atoms with Crippen molar-refractivity contribution in [3.63, 3.8) is 0 Å². The lowest BCUT2D eigenvalue weighted by atomic mass is 10.2. The lowest BCUT2D eigenvalue weighted by molar-refractivity contribution is 0.599. The highest BCUT2D eigenvalue weighted by Gasteiger charge is 2.28. The van der Waals surface area contributed by atoms with Crippen molar-refractivity contribution in [2.45, 2.75) is 32.7 Å². The third-order valence-electron chi connectivity index (χ3n) is 4.55. The van der Waals surface area contributed by atoms with E-state index in [4.69, 9.17) is 0 Å². The minimum Gasteiger partial charge on any atom is -0.356 e. The van der Waals surface area contributed by atoms with E-state index >= 15 is 0 Å². The molecular formula is C18H21N5O3S2. The highest BCUT2D eigenvalue weighted by Crippen LogP contribution is 2.25. The fourth-order valence-corrected chi connectivity index (χ4v) is 5.62. The molecule has 1 fully saturated rings. The smallest absolute Gasteiger partial charge is 0.275 e. The van der Waals surface area contributed by atoms with Crippen LogP contribution in [0.4, 0.5) is 10.8 Å². The molecule has 4 rings (SSSR count). The molecule has 28 heavy (non-hydrogen) atoms. The zero-order valence-corrected chi connectivity index (χ0v) is 17.1. The quantitative estimate of drug-likeness (QED) is 0.658. The van der Waals surface area contributed by atoms with Crippen molar-refractivity contribution in [3.8, 4) is 0 Å². The monoisotopic (exact) mass is 419 g/mol. The summed E-state index contributed by atoms with van der Waals surface area (Å²) < 4.78 is 27.0. The van der Waals surface area contributed by atoms with E-state index in [0.717, 1.165) is 24.1 Å². The number of sulfonamides is 1. The van der Waals surface area contributed by atoms with Crippen molar-refractivity contribution < 1.29 is 8.42 Å². The van der Waals surface area contributed by atoms with Gasteiger partial charge in [0.15, 0.2) is 0 Å². The van der Waals surface area contributed by atoms with Gasteiger partial charge in [-0.15, -0.1) is 5.10 Å². The second kappa shape index (κ2) is 7.51. The van der Waals surface area contributed by atoms with Crippen molar-refractivity contribution in [3.05, 3.63) is 51.9 Å². The number of aryl methyl sites for hydroxylation is 1. The summed E-state index contributed by atoms with van der Waals surface area (Å²) in [6.45, 7) is 3.04. The zero-order valence-electron chi connectivity index (χ0n) is 15.5. The van der Waals surface area contributed by atoms with Crippen LogP contribution < -0.4 is 15.2 Å². The second-order valence-electron chi connectivity index (χ2n) is 6.70. The summed E-state index contributed by atoms with van der Waals surface area (Å²) in [5, 5.41) is 8.10. The van der Waals surface area contributed by atoms with Gasteiger partial charge in [0.1, 0.15) is 0 Å². The molecule has 1 aromatic carbocycles. The van der Waals surface area contributed by atoms with Crippen molar-refractivity contribution in [1.29, 1.82) is 0 Å². The fraction of sp³-hybridized carbons (Fsp3) is 0.389. The maximum absolute atomic E-state index is 12.2. The SMILES string of the molecule is CCCc1cc(=O)n2nc(NCc3cccc(N4CCCS4(=O)=O)c3)sc2n1. The Bertz CT molecular complexity index is 1170. The van der Waals surface area contributed by atoms with E-state index in [-0.39, 0.29) is 11.3 Å². The van der Waals surface area contributed by atoms with Gasteiger partial charge in [-0.05, 0) is 30.5 Å². The van der Waals surface area contributed by atoms with E-state index in [9.17, 15) is 13.2 Å². The predicted octanol–water partition coefficient (Wildman–Crippen LogP) is 2.26. The molecule has 0 amide bonds. The number of rotatable bonds is 6. The van der Waals surface area contributed by atoms with Crippen molar-refractivity contribution in [1.82, 2.24) is 14.6 Å². The van der Waals surface area contributed by atoms with E-state index < -0.39 is 10.0 Å². The molecule has 2 aromatic heterocycles. The zero-order chi connectivity index (χ0) is 19.7. The predicted molar refractivity (Wildman–Crippen MR) is 111 cm³/mol. The number of fused-ring (bicyclic) bond motifs is 1. The highest BCUT2D eigenvalue weighted by atomic mass is 32.2. The van der Waals surface area contributed by atoms with Crippen LogP contribution in [0, 0.1) is 0 Å². The molecule has 0 unspecified atom stereocenters. The van der Waals surface area contributed by atoms with Gasteiger partial charge in [0.05, 0.1) is 11.4 Å². The molecule has 148 valence electrons. The molecule has 0 radical (unpaired) electrons. The van der Waals surface area contributed by atoms with E-state index in [1.54, 1.807) is 0 Å². The van der Waals surface area contributed by atoms with Crippen LogP contribution in [0.3, 0.4) is 0 Å². The first-order valence-corrected chi connectivity index (χ1v) is 11.6. The molecule has 3 aromatic rings. The largest absolute Gasteiger partial charge is 0.356 e. The van der Waals surface area contributed by atoms with Gasteiger partial charge in [-0.1, -0.05) is 36.8 Å². The van der Waals surface area contributed by atoms with E-state index in [1.165, 1.54) is 26.2 Å². The topological polar surface area (TPSA) is 96.7 Å². The van der Waals surface area contributed by atoms with Gasteiger partial charge in [-0.2, -0.15) is 4.52 Å². The molecule has 1 aliphatic heterocycles. The van der Waals surface area contributed by atoms with E-state index in [0.29, 0.717) is 35.3 Å². The third kappa shape index (κ3) is 3.74. The maximum atomic E-state index is 12.2. The molecule has 0 atom stereocenters. The molecule has 3 heterocycles. The van der Waals surface area contributed by atoms with Crippen LogP contribution in [-0.4, -0.2) is 35.3 Å². The van der Waals surface area contributed by atoms with Gasteiger partial charge in [0.2, 0.25) is 20.1 Å². The Balaban J connectivity index is 1.52. The molecule has 0 saturated carbocycles. The summed E-state index contributed by atoms with van der Waals surface area (Å²) in [6, 6.07) is 8.98. The summed E-state index contributed by atoms with van der Waals surface area (Å²) in [6.07, 6.45) is 2.34. The maximum Gasteiger partial charge on any atom is 0.275 e. The van der Waals surface area contributed by atoms with Gasteiger partial charge < -0.3 is 5.32 Å². The van der Waals surface area contributed by atoms with Gasteiger partial charge in [0.25, 0.3) is 5.56 Å². The molecule has 1 saturated heterocycles. The van der Waals surface area contributed by atoms with E-state index in [1.807, 2.05) is 31.2 Å². The molecule has 8 nitrogen and oxygen atoms in total. The van der Waals surface area contributed by atoms with Crippen molar-refractivity contribution in [2.75, 3.05) is 21.9 Å². The number of hydrogen-bond donors (Lipinski definition) is 1. The Kier molecular flexibility index (Phi) is 5.07. The Hall–Kier alpha value is -2.46. The van der Waals surface area contributed by atoms with Gasteiger partial charge in [-0.25, -0.2) is 13.4 Å². The summed E-state index contributed by atoms with van der Waals surface area (Å²) in [5.74, 6) is 0.197. The Labute approximate surface area is 166 Å². The van der Waals surface area contributed by atoms with Crippen LogP contribution in [0.2, 0.25) is 0 Å². The summed E-state index contributed by atoms with van der Waals surface area (Å²) in [4.78, 5) is 17.2. The molecule has 0 bridgehead atoms. The normalized spacial score (nSPS) is 16.0. The molecule has 1 N–H and O–H groups in total. The fourth-order valence-electron chi connectivity index (χ4n) is 3.24. The first-order chi connectivity index (χ1) is 13.5. The summed E-state index contributed by atoms with van der Waals surface area (Å²) in [5.41, 5.74) is 2.22. The number of benzene rings is 1. The van der Waals surface area contributed by atoms with Crippen LogP contribution in [0.15, 0.2) is 35.1 Å². The minimum absolute atomic E-state index is 0.181. The van der Waals surface area contributed by atoms with Gasteiger partial charge >= 0.3 is 0 Å². The Morgan fingerprint density at radius 2 is 2.14 bits per heavy atom. The van der Waals surface area contributed by atoms with Crippen LogP contribution in [0.25, 0.3) is 4.96 Å². The van der Waals surface area contributed by atoms with Gasteiger partial charge in [0, 0.05) is 24.8 Å². The molecule has 0 aliphatic carbocycles. The number of nitrogens with zero attached hydrogens (tertiary/aromatic N) is 4. The Morgan fingerprint density at radius 3 is 2.89 bits per heavy atom. The van der Waals surface area contributed by atoms with Crippen molar-refractivity contribution >= 4 is 37.1 Å². The highest BCUT2D eigenvalue weighted by molar-refractivity contribution is 7.93. The van der Waals surface area contributed by atoms with Crippen LogP contribution in [0.5, 0.6) is 0 Å². The number of aromatic nitrogens is 3. The average molecular weight is 420 g/mol. The third-order valence-corrected chi connectivity index (χ3v) is 7.28. The lowest BCUT2D eigenvalue weighted by Crippen LogP contribution is -2.25. The number of hydrogen-bond acceptors (Lipinski definition) is 7. The van der Waals surface area contributed by atoms with Crippen molar-refractivity contribution in [2.24, 2.45) is 0 Å². The molecular weight excluding hydrogens is 398 g/mol. The first kappa shape index (κ1) is 18.9. The lowest BCUT2D eigenvalue weighted by Gasteiger charge is -2.17. The second-order valence-corrected chi connectivity index (χ2v) is 9.67. The Morgan fingerprint density at radius 1 is 1.29 bits per heavy atom. The number of nitrogens with one attached hydrogen (secondary N) is 1. The molecule has 1 aliphatic rings. The first-order valence-electron chi connectivity index (χ1n) is 9.19. The minimum atomic E-state index is -3.20. The van der Waals surface area contributed by atoms with Crippen LogP contribution in [-0.2, 0) is 23.0 Å². The standard InChI is InChI=1S/C18H21N5O3S2/c1-2-5-14-11-16(24)23-18(20-14)27-17(21-23)19-12-13-6-3-7-15(10-13)22-8-4-9-28(22,25)26/h3,6-7,10-11H,2,4-5,8-9,12H2,1H3,(H,19,21). The van der Waals surface area contributed by atoms with E-state index in [2.05, 4.69) is 15.4 Å². The number of anilines is 2. The van der Waals surface area contributed by atoms with Crippen LogP contribution >= 0.6 is 11.3 Å². The summed E-state index contributed by atoms with van der Waals surface area (Å²) >= 11 is 1.32. The summed E-state index contributed by atoms with van der Waals surface area (Å²) in [7, 11) is -3.20. The van der Waals surface area contributed by atoms with Gasteiger partial charge in [-0.3, -0.25) is 9.10 Å². The molecule has 10 heteroatoms.